The molecule has 0 aliphatic carbocycles. The summed E-state index contributed by atoms with van der Waals surface area (Å²) >= 11 is 0. The Kier molecular flexibility index (Phi) is 48.8. The van der Waals surface area contributed by atoms with Crippen LogP contribution in [0.2, 0.25) is 0 Å². The van der Waals surface area contributed by atoms with Crippen molar-refractivity contribution in [2.45, 2.75) is 277 Å². The highest BCUT2D eigenvalue weighted by Gasteiger charge is 2.19. The molecule has 0 aliphatic rings. The Balaban J connectivity index is 4.38. The van der Waals surface area contributed by atoms with Gasteiger partial charge in [0.2, 0.25) is 0 Å². The molecular weight excluding hydrogens is 769 g/mol. The minimum Gasteiger partial charge on any atom is -0.462 e. The molecule has 360 valence electrons. The lowest BCUT2D eigenvalue weighted by molar-refractivity contribution is -0.167. The molecule has 0 aromatic carbocycles. The number of hydrogen-bond donors (Lipinski definition) is 0. The van der Waals surface area contributed by atoms with E-state index in [1.54, 1.807) is 0 Å². The van der Waals surface area contributed by atoms with Gasteiger partial charge >= 0.3 is 17.9 Å². The molecule has 0 heterocycles. The summed E-state index contributed by atoms with van der Waals surface area (Å²) in [5.74, 6) is -0.902. The predicted molar refractivity (Wildman–Crippen MR) is 265 cm³/mol. The van der Waals surface area contributed by atoms with Crippen LogP contribution in [-0.4, -0.2) is 37.2 Å². The van der Waals surface area contributed by atoms with Crippen molar-refractivity contribution >= 4 is 17.9 Å². The van der Waals surface area contributed by atoms with Gasteiger partial charge in [-0.3, -0.25) is 14.4 Å². The van der Waals surface area contributed by atoms with Crippen LogP contribution >= 0.6 is 0 Å². The molecule has 0 aromatic rings. The number of hydrogen-bond acceptors (Lipinski definition) is 6. The zero-order valence-electron chi connectivity index (χ0n) is 41.1. The Labute approximate surface area is 384 Å². The molecule has 6 heteroatoms. The first kappa shape index (κ1) is 59.4. The molecule has 0 aromatic heterocycles. The molecule has 62 heavy (non-hydrogen) atoms. The summed E-state index contributed by atoms with van der Waals surface area (Å²) in [4.78, 5) is 38.0. The van der Waals surface area contributed by atoms with E-state index in [0.717, 1.165) is 96.3 Å². The number of rotatable bonds is 48. The smallest absolute Gasteiger partial charge is 0.306 e. The summed E-state index contributed by atoms with van der Waals surface area (Å²) in [6, 6.07) is 0. The molecule has 0 fully saturated rings. The number of esters is 3. The average Bonchev–Trinajstić information content (AvgIpc) is 3.27. The van der Waals surface area contributed by atoms with E-state index < -0.39 is 6.10 Å². The predicted octanol–water partition coefficient (Wildman–Crippen LogP) is 17.5. The Morgan fingerprint density at radius 2 is 0.613 bits per heavy atom. The Bertz CT molecular complexity index is 1090. The lowest BCUT2D eigenvalue weighted by atomic mass is 10.1. The number of carbonyl (C=O) groups excluding carboxylic acids is 3. The molecule has 0 radical (unpaired) electrons. The van der Waals surface area contributed by atoms with Crippen molar-refractivity contribution in [2.24, 2.45) is 0 Å². The van der Waals surface area contributed by atoms with Crippen LogP contribution in [-0.2, 0) is 28.6 Å². The third-order valence-corrected chi connectivity index (χ3v) is 11.5. The fourth-order valence-electron chi connectivity index (χ4n) is 7.47. The maximum atomic E-state index is 12.8. The van der Waals surface area contributed by atoms with Gasteiger partial charge in [0.15, 0.2) is 6.10 Å². The van der Waals surface area contributed by atoms with E-state index in [4.69, 9.17) is 14.2 Å². The van der Waals surface area contributed by atoms with Crippen molar-refractivity contribution in [3.05, 3.63) is 48.6 Å². The summed E-state index contributed by atoms with van der Waals surface area (Å²) in [6.07, 6.45) is 60.9. The van der Waals surface area contributed by atoms with Gasteiger partial charge in [-0.2, -0.15) is 0 Å². The first-order chi connectivity index (χ1) is 30.5. The Morgan fingerprint density at radius 3 is 0.968 bits per heavy atom. The minimum atomic E-state index is -0.783. The largest absolute Gasteiger partial charge is 0.462 e. The van der Waals surface area contributed by atoms with Crippen LogP contribution < -0.4 is 0 Å². The second kappa shape index (κ2) is 51.0. The van der Waals surface area contributed by atoms with E-state index in [1.165, 1.54) is 135 Å². The summed E-state index contributed by atoms with van der Waals surface area (Å²) in [5.41, 5.74) is 0. The molecule has 0 bridgehead atoms. The molecule has 0 saturated heterocycles. The summed E-state index contributed by atoms with van der Waals surface area (Å²) in [6.45, 7) is 6.55. The first-order valence-electron chi connectivity index (χ1n) is 26.6. The fourth-order valence-corrected chi connectivity index (χ4v) is 7.47. The van der Waals surface area contributed by atoms with E-state index in [0.29, 0.717) is 19.3 Å². The Hall–Kier alpha value is -2.63. The van der Waals surface area contributed by atoms with Gasteiger partial charge in [-0.25, -0.2) is 0 Å². The fraction of sp³-hybridized carbons (Fsp3) is 0.804. The van der Waals surface area contributed by atoms with E-state index in [2.05, 4.69) is 69.4 Å². The van der Waals surface area contributed by atoms with Crippen molar-refractivity contribution in [2.75, 3.05) is 13.2 Å². The highest BCUT2D eigenvalue weighted by molar-refractivity contribution is 5.71. The molecule has 0 aliphatic heterocycles. The van der Waals surface area contributed by atoms with Gasteiger partial charge in [-0.15, -0.1) is 0 Å². The van der Waals surface area contributed by atoms with E-state index in [9.17, 15) is 14.4 Å². The number of allylic oxidation sites excluding steroid dienone is 8. The first-order valence-corrected chi connectivity index (χ1v) is 26.6. The van der Waals surface area contributed by atoms with Gasteiger partial charge < -0.3 is 14.2 Å². The van der Waals surface area contributed by atoms with Crippen molar-refractivity contribution < 1.29 is 28.6 Å². The Morgan fingerprint density at radius 1 is 0.323 bits per heavy atom. The molecular formula is C56H100O6. The average molecular weight is 869 g/mol. The van der Waals surface area contributed by atoms with Crippen LogP contribution in [0.1, 0.15) is 271 Å². The molecule has 0 saturated carbocycles. The topological polar surface area (TPSA) is 78.9 Å². The van der Waals surface area contributed by atoms with Crippen molar-refractivity contribution in [3.63, 3.8) is 0 Å². The number of carbonyl (C=O) groups is 3. The SMILES string of the molecule is CCC/C=C\C/C=C\CCCCCCCC(=O)OCC(COC(=O)CCCCCCCCC/C=C\CCCCCCCC)OC(=O)CCCCCCC/C=C\CCCCCCC. The van der Waals surface area contributed by atoms with Gasteiger partial charge in [0.25, 0.3) is 0 Å². The van der Waals surface area contributed by atoms with Crippen LogP contribution in [0.15, 0.2) is 48.6 Å². The minimum absolute atomic E-state index is 0.0824. The van der Waals surface area contributed by atoms with E-state index in [-0.39, 0.29) is 31.1 Å². The van der Waals surface area contributed by atoms with Crippen LogP contribution in [0.4, 0.5) is 0 Å². The second-order valence-electron chi connectivity index (χ2n) is 17.8. The number of ether oxygens (including phenoxy) is 3. The summed E-state index contributed by atoms with van der Waals surface area (Å²) in [7, 11) is 0. The highest BCUT2D eigenvalue weighted by atomic mass is 16.6. The molecule has 6 nitrogen and oxygen atoms in total. The van der Waals surface area contributed by atoms with Crippen LogP contribution in [0.3, 0.4) is 0 Å². The van der Waals surface area contributed by atoms with Crippen molar-refractivity contribution in [1.29, 1.82) is 0 Å². The van der Waals surface area contributed by atoms with Crippen LogP contribution in [0.5, 0.6) is 0 Å². The zero-order chi connectivity index (χ0) is 45.1. The molecule has 0 amide bonds. The van der Waals surface area contributed by atoms with Gasteiger partial charge in [0.05, 0.1) is 0 Å². The molecule has 0 N–H and O–H groups in total. The monoisotopic (exact) mass is 869 g/mol. The third-order valence-electron chi connectivity index (χ3n) is 11.5. The summed E-state index contributed by atoms with van der Waals surface area (Å²) in [5, 5.41) is 0. The van der Waals surface area contributed by atoms with Crippen molar-refractivity contribution in [3.8, 4) is 0 Å². The zero-order valence-corrected chi connectivity index (χ0v) is 41.1. The molecule has 1 atom stereocenters. The van der Waals surface area contributed by atoms with Gasteiger partial charge in [-0.1, -0.05) is 204 Å². The van der Waals surface area contributed by atoms with Gasteiger partial charge in [0, 0.05) is 19.3 Å². The van der Waals surface area contributed by atoms with E-state index >= 15 is 0 Å². The van der Waals surface area contributed by atoms with Crippen LogP contribution in [0, 0.1) is 0 Å². The lowest BCUT2D eigenvalue weighted by Crippen LogP contribution is -2.30. The second-order valence-corrected chi connectivity index (χ2v) is 17.8. The van der Waals surface area contributed by atoms with Gasteiger partial charge in [-0.05, 0) is 96.3 Å². The van der Waals surface area contributed by atoms with Crippen LogP contribution in [0.25, 0.3) is 0 Å². The maximum Gasteiger partial charge on any atom is 0.306 e. The standard InChI is InChI=1S/C56H100O6/c1-4-7-10-13-16-19-22-25-27-28-29-32-34-37-40-43-46-49-55(58)61-52-53(51-60-54(57)48-45-42-39-36-33-30-24-21-18-15-12-9-6-3)62-56(59)50-47-44-41-38-35-31-26-23-20-17-14-11-8-5-2/h12,15,21,23-27,53H,4-11,13-14,16-20,22,28-52H2,1-3H3/b15-12-,24-21-,26-23-,27-25-. The van der Waals surface area contributed by atoms with E-state index in [1.807, 2.05) is 0 Å². The van der Waals surface area contributed by atoms with Gasteiger partial charge in [0.1, 0.15) is 13.2 Å². The maximum absolute atomic E-state index is 12.8. The number of unbranched alkanes of at least 4 members (excludes halogenated alkanes) is 29. The lowest BCUT2D eigenvalue weighted by Gasteiger charge is -2.18. The molecule has 0 spiro atoms. The quantitative estimate of drug-likeness (QED) is 0.0262. The highest BCUT2D eigenvalue weighted by Crippen LogP contribution is 2.14. The third kappa shape index (κ3) is 48.4. The van der Waals surface area contributed by atoms with Crippen molar-refractivity contribution in [1.82, 2.24) is 0 Å². The normalized spacial score (nSPS) is 12.4. The molecule has 1 unspecified atom stereocenters. The molecule has 0 rings (SSSR count). The summed E-state index contributed by atoms with van der Waals surface area (Å²) < 4.78 is 16.8.